The van der Waals surface area contributed by atoms with Gasteiger partial charge < -0.3 is 28.4 Å². The predicted molar refractivity (Wildman–Crippen MR) is 189 cm³/mol. The minimum Gasteiger partial charge on any atom is -0.494 e. The first-order valence-electron chi connectivity index (χ1n) is 16.9. The van der Waals surface area contributed by atoms with Crippen molar-refractivity contribution in [2.24, 2.45) is 0 Å². The van der Waals surface area contributed by atoms with E-state index in [4.69, 9.17) is 28.4 Å². The summed E-state index contributed by atoms with van der Waals surface area (Å²) < 4.78 is 32.3. The lowest BCUT2D eigenvalue weighted by molar-refractivity contribution is -0.138. The first-order valence-corrected chi connectivity index (χ1v) is 16.9. The zero-order chi connectivity index (χ0) is 35.8. The molecule has 0 radical (unpaired) electrons. The van der Waals surface area contributed by atoms with Gasteiger partial charge in [-0.15, -0.1) is 0 Å². The van der Waals surface area contributed by atoms with Crippen molar-refractivity contribution in [3.05, 3.63) is 115 Å². The Hall–Kier alpha value is -5.38. The van der Waals surface area contributed by atoms with Crippen LogP contribution in [0.15, 0.2) is 98.1 Å². The molecule has 0 aliphatic rings. The smallest absolute Gasteiger partial charge is 0.343 e. The molecule has 266 valence electrons. The highest BCUT2D eigenvalue weighted by atomic mass is 16.5. The molecule has 0 aliphatic carbocycles. The number of hydrogen-bond acceptors (Lipinski definition) is 10. The van der Waals surface area contributed by atoms with Crippen molar-refractivity contribution < 1.29 is 47.6 Å². The molecule has 0 bridgehead atoms. The van der Waals surface area contributed by atoms with E-state index >= 15 is 0 Å². The first-order chi connectivity index (χ1) is 24.4. The van der Waals surface area contributed by atoms with E-state index in [-0.39, 0.29) is 6.61 Å². The van der Waals surface area contributed by atoms with Gasteiger partial charge >= 0.3 is 23.9 Å². The van der Waals surface area contributed by atoms with E-state index in [1.165, 1.54) is 0 Å². The molecule has 10 heteroatoms. The van der Waals surface area contributed by atoms with E-state index in [2.05, 4.69) is 13.2 Å². The van der Waals surface area contributed by atoms with E-state index in [0.717, 1.165) is 69.1 Å². The van der Waals surface area contributed by atoms with Crippen LogP contribution in [0.1, 0.15) is 77.6 Å². The van der Waals surface area contributed by atoms with Gasteiger partial charge in [-0.05, 0) is 118 Å². The van der Waals surface area contributed by atoms with E-state index in [0.29, 0.717) is 61.2 Å². The molecule has 0 spiro atoms. The first kappa shape index (κ1) is 39.1. The molecule has 0 atom stereocenters. The zero-order valence-corrected chi connectivity index (χ0v) is 28.5. The van der Waals surface area contributed by atoms with Crippen LogP contribution in [0.25, 0.3) is 0 Å². The Balaban J connectivity index is 1.27. The van der Waals surface area contributed by atoms with Crippen molar-refractivity contribution in [3.63, 3.8) is 0 Å². The van der Waals surface area contributed by atoms with Crippen LogP contribution in [0.3, 0.4) is 0 Å². The molecule has 3 rings (SSSR count). The number of ether oxygens (including phenoxy) is 6. The van der Waals surface area contributed by atoms with Gasteiger partial charge in [-0.2, -0.15) is 0 Å². The van der Waals surface area contributed by atoms with Crippen LogP contribution >= 0.6 is 0 Å². The average Bonchev–Trinajstić information content (AvgIpc) is 3.14. The van der Waals surface area contributed by atoms with E-state index in [1.807, 2.05) is 12.1 Å². The summed E-state index contributed by atoms with van der Waals surface area (Å²) in [6.07, 6.45) is 9.93. The van der Waals surface area contributed by atoms with Gasteiger partial charge in [0, 0.05) is 18.6 Å². The third kappa shape index (κ3) is 15.7. The lowest BCUT2D eigenvalue weighted by Crippen LogP contribution is -2.09. The highest BCUT2D eigenvalue weighted by Gasteiger charge is 2.11. The number of rotatable bonds is 24. The summed E-state index contributed by atoms with van der Waals surface area (Å²) in [7, 11) is 0. The van der Waals surface area contributed by atoms with Crippen molar-refractivity contribution in [1.82, 2.24) is 0 Å². The van der Waals surface area contributed by atoms with Crippen molar-refractivity contribution in [2.75, 3.05) is 33.0 Å². The topological polar surface area (TPSA) is 124 Å². The van der Waals surface area contributed by atoms with Gasteiger partial charge in [-0.3, -0.25) is 0 Å². The molecule has 0 amide bonds. The number of carbonyl (C=O) groups is 4. The van der Waals surface area contributed by atoms with Crippen LogP contribution in [0, 0.1) is 0 Å². The lowest BCUT2D eigenvalue weighted by atomic mass is 10.1. The zero-order valence-electron chi connectivity index (χ0n) is 28.5. The molecular formula is C40H46O10. The number of esters is 4. The van der Waals surface area contributed by atoms with E-state index < -0.39 is 23.9 Å². The van der Waals surface area contributed by atoms with Crippen LogP contribution in [0.4, 0.5) is 0 Å². The molecular weight excluding hydrogens is 640 g/mol. The van der Waals surface area contributed by atoms with Crippen LogP contribution in [0.2, 0.25) is 0 Å². The SMILES string of the molecule is C=CC(=O)OCCCCCCOc1ccc(C(=O)OCCc2ccc(OC(=O)c3ccc(OCCCCCCOC(=O)C=C)cc3)cc2)cc1. The third-order valence-corrected chi connectivity index (χ3v) is 7.37. The molecule has 3 aromatic carbocycles. The Morgan fingerprint density at radius 1 is 0.460 bits per heavy atom. The van der Waals surface area contributed by atoms with Crippen molar-refractivity contribution in [2.45, 2.75) is 57.8 Å². The third-order valence-electron chi connectivity index (χ3n) is 7.37. The second-order valence-corrected chi connectivity index (χ2v) is 11.2. The molecule has 0 aliphatic heterocycles. The molecule has 0 saturated carbocycles. The van der Waals surface area contributed by atoms with Gasteiger partial charge in [-0.1, -0.05) is 25.3 Å². The summed E-state index contributed by atoms with van der Waals surface area (Å²) in [4.78, 5) is 47.1. The largest absolute Gasteiger partial charge is 0.494 e. The number of hydrogen-bond donors (Lipinski definition) is 0. The molecule has 0 aromatic heterocycles. The monoisotopic (exact) mass is 686 g/mol. The highest BCUT2D eigenvalue weighted by molar-refractivity contribution is 5.91. The average molecular weight is 687 g/mol. The summed E-state index contributed by atoms with van der Waals surface area (Å²) in [5, 5.41) is 0. The van der Waals surface area contributed by atoms with E-state index in [9.17, 15) is 19.2 Å². The van der Waals surface area contributed by atoms with Crippen LogP contribution in [-0.2, 0) is 30.2 Å². The maximum atomic E-state index is 12.6. The molecule has 10 nitrogen and oxygen atoms in total. The Morgan fingerprint density at radius 3 is 1.34 bits per heavy atom. The van der Waals surface area contributed by atoms with Crippen molar-refractivity contribution >= 4 is 23.9 Å². The van der Waals surface area contributed by atoms with Gasteiger partial charge in [0.15, 0.2) is 0 Å². The standard InChI is InChI=1S/C40H46O10/c1-3-37(41)47-28-11-7-5-9-26-45-34-21-15-32(16-22-34)39(43)49-30-25-31-13-19-36(20-14-31)50-40(44)33-17-23-35(24-18-33)46-27-10-6-8-12-29-48-38(42)4-2/h3-4,13-24H,1-2,5-12,25-30H2. The summed E-state index contributed by atoms with van der Waals surface area (Å²) in [6, 6.07) is 20.7. The lowest BCUT2D eigenvalue weighted by Gasteiger charge is -2.09. The fourth-order valence-corrected chi connectivity index (χ4v) is 4.57. The molecule has 0 unspecified atom stereocenters. The Labute approximate surface area is 294 Å². The summed E-state index contributed by atoms with van der Waals surface area (Å²) in [5.74, 6) is 0.0476. The van der Waals surface area contributed by atoms with Gasteiger partial charge in [0.25, 0.3) is 0 Å². The summed E-state index contributed by atoms with van der Waals surface area (Å²) in [5.41, 5.74) is 1.77. The van der Waals surface area contributed by atoms with Crippen molar-refractivity contribution in [1.29, 1.82) is 0 Å². The maximum Gasteiger partial charge on any atom is 0.343 e. The molecule has 0 N–H and O–H groups in total. The normalized spacial score (nSPS) is 10.4. The van der Waals surface area contributed by atoms with Gasteiger partial charge in [-0.25, -0.2) is 19.2 Å². The van der Waals surface area contributed by atoms with Gasteiger partial charge in [0.1, 0.15) is 17.2 Å². The van der Waals surface area contributed by atoms with Gasteiger partial charge in [0.2, 0.25) is 0 Å². The molecule has 0 heterocycles. The molecule has 0 saturated heterocycles. The minimum absolute atomic E-state index is 0.199. The van der Waals surface area contributed by atoms with Crippen molar-refractivity contribution in [3.8, 4) is 17.2 Å². The van der Waals surface area contributed by atoms with E-state index in [1.54, 1.807) is 60.7 Å². The Kier molecular flexibility index (Phi) is 18.0. The molecule has 3 aromatic rings. The second kappa shape index (κ2) is 23.1. The van der Waals surface area contributed by atoms with Crippen LogP contribution < -0.4 is 14.2 Å². The number of benzene rings is 3. The molecule has 50 heavy (non-hydrogen) atoms. The van der Waals surface area contributed by atoms with Crippen LogP contribution in [-0.4, -0.2) is 56.9 Å². The van der Waals surface area contributed by atoms with Crippen LogP contribution in [0.5, 0.6) is 17.2 Å². The minimum atomic E-state index is -0.479. The molecule has 0 fully saturated rings. The number of unbranched alkanes of at least 4 members (excludes halogenated alkanes) is 6. The Morgan fingerprint density at radius 2 is 0.880 bits per heavy atom. The Bertz CT molecular complexity index is 1490. The quantitative estimate of drug-likeness (QED) is 0.0305. The maximum absolute atomic E-state index is 12.6. The fraction of sp³-hybridized carbons (Fsp3) is 0.350. The fourth-order valence-electron chi connectivity index (χ4n) is 4.57. The van der Waals surface area contributed by atoms with Gasteiger partial charge in [0.05, 0.1) is 44.2 Å². The number of carbonyl (C=O) groups excluding carboxylic acids is 4. The highest BCUT2D eigenvalue weighted by Crippen LogP contribution is 2.18. The summed E-state index contributed by atoms with van der Waals surface area (Å²) >= 11 is 0. The second-order valence-electron chi connectivity index (χ2n) is 11.2. The predicted octanol–water partition coefficient (Wildman–Crippen LogP) is 7.64. The summed E-state index contributed by atoms with van der Waals surface area (Å²) in [6.45, 7) is 8.81.